The summed E-state index contributed by atoms with van der Waals surface area (Å²) in [6, 6.07) is 4.32. The van der Waals surface area contributed by atoms with Crippen molar-refractivity contribution in [3.8, 4) is 17.2 Å². The van der Waals surface area contributed by atoms with Gasteiger partial charge in [-0.1, -0.05) is 12.8 Å². The molecule has 24 heavy (non-hydrogen) atoms. The van der Waals surface area contributed by atoms with Crippen molar-refractivity contribution in [1.29, 1.82) is 0 Å². The molecule has 0 saturated heterocycles. The molecule has 1 aromatic rings. The van der Waals surface area contributed by atoms with Gasteiger partial charge in [0, 0.05) is 12.6 Å². The van der Waals surface area contributed by atoms with E-state index in [-0.39, 0.29) is 5.75 Å². The molecule has 0 radical (unpaired) electrons. The van der Waals surface area contributed by atoms with Crippen molar-refractivity contribution >= 4 is 11.9 Å². The molecule has 8 heteroatoms. The minimum atomic E-state index is -1.82. The van der Waals surface area contributed by atoms with Crippen LogP contribution >= 0.6 is 0 Å². The van der Waals surface area contributed by atoms with E-state index in [4.69, 9.17) is 29.3 Å². The van der Waals surface area contributed by atoms with Gasteiger partial charge in [-0.3, -0.25) is 0 Å². The average Bonchev–Trinajstić information content (AvgIpc) is 3.07. The Morgan fingerprint density at radius 3 is 1.92 bits per heavy atom. The standard InChI is InChI=1S/C14H21NO3.C2H2O4/c1-17-12-7-10(8-13(18-2)14(12)16)9-15-11-5-3-4-6-11;3-1(4)2(5)6/h7-8,11,15-16H,3-6,9H2,1-2H3;(H,3,4)(H,5,6). The number of aromatic hydroxyl groups is 1. The molecular weight excluding hydrogens is 318 g/mol. The first kappa shape index (κ1) is 19.6. The highest BCUT2D eigenvalue weighted by Gasteiger charge is 2.15. The summed E-state index contributed by atoms with van der Waals surface area (Å²) in [5.41, 5.74) is 1.06. The van der Waals surface area contributed by atoms with Gasteiger partial charge >= 0.3 is 11.9 Å². The summed E-state index contributed by atoms with van der Waals surface area (Å²) in [6.07, 6.45) is 5.15. The number of carbonyl (C=O) groups is 2. The Morgan fingerprint density at radius 2 is 1.54 bits per heavy atom. The predicted molar refractivity (Wildman–Crippen MR) is 85.6 cm³/mol. The highest BCUT2D eigenvalue weighted by atomic mass is 16.5. The second-order valence-electron chi connectivity index (χ2n) is 5.32. The molecule has 8 nitrogen and oxygen atoms in total. The number of phenolic OH excluding ortho intramolecular Hbond substituents is 1. The maximum Gasteiger partial charge on any atom is 0.414 e. The maximum absolute atomic E-state index is 9.82. The first-order valence-electron chi connectivity index (χ1n) is 7.52. The third kappa shape index (κ3) is 5.96. The Hall–Kier alpha value is -2.48. The van der Waals surface area contributed by atoms with Crippen molar-refractivity contribution in [2.24, 2.45) is 0 Å². The van der Waals surface area contributed by atoms with E-state index in [1.807, 2.05) is 12.1 Å². The summed E-state index contributed by atoms with van der Waals surface area (Å²) >= 11 is 0. The zero-order chi connectivity index (χ0) is 18.1. The number of ether oxygens (including phenoxy) is 2. The number of carboxylic acids is 2. The smallest absolute Gasteiger partial charge is 0.414 e. The van der Waals surface area contributed by atoms with Crippen LogP contribution in [-0.4, -0.2) is 47.5 Å². The van der Waals surface area contributed by atoms with Crippen molar-refractivity contribution in [2.75, 3.05) is 14.2 Å². The normalized spacial score (nSPS) is 13.8. The largest absolute Gasteiger partial charge is 0.502 e. The van der Waals surface area contributed by atoms with Gasteiger partial charge in [-0.2, -0.15) is 0 Å². The minimum absolute atomic E-state index is 0.0598. The van der Waals surface area contributed by atoms with E-state index in [1.165, 1.54) is 25.7 Å². The molecule has 0 unspecified atom stereocenters. The summed E-state index contributed by atoms with van der Waals surface area (Å²) in [5, 5.41) is 28.1. The lowest BCUT2D eigenvalue weighted by molar-refractivity contribution is -0.159. The SMILES string of the molecule is COc1cc(CNC2CCCC2)cc(OC)c1O.O=C(O)C(=O)O. The molecule has 4 N–H and O–H groups in total. The summed E-state index contributed by atoms with van der Waals surface area (Å²) in [5.74, 6) is -2.68. The molecule has 1 fully saturated rings. The fraction of sp³-hybridized carbons (Fsp3) is 0.500. The van der Waals surface area contributed by atoms with E-state index in [9.17, 15) is 5.11 Å². The summed E-state index contributed by atoms with van der Waals surface area (Å²) < 4.78 is 10.3. The molecule has 0 spiro atoms. The molecule has 0 heterocycles. The van der Waals surface area contributed by atoms with Gasteiger partial charge in [-0.15, -0.1) is 0 Å². The third-order valence-electron chi connectivity index (χ3n) is 3.67. The highest BCUT2D eigenvalue weighted by Crippen LogP contribution is 2.37. The van der Waals surface area contributed by atoms with E-state index in [0.29, 0.717) is 17.5 Å². The van der Waals surface area contributed by atoms with Crippen LogP contribution < -0.4 is 14.8 Å². The summed E-state index contributed by atoms with van der Waals surface area (Å²) in [4.78, 5) is 18.2. The maximum atomic E-state index is 9.82. The van der Waals surface area contributed by atoms with Crippen molar-refractivity contribution in [2.45, 2.75) is 38.3 Å². The predicted octanol–water partition coefficient (Wildman–Crippen LogP) is 1.60. The molecule has 0 aromatic heterocycles. The van der Waals surface area contributed by atoms with E-state index in [1.54, 1.807) is 14.2 Å². The van der Waals surface area contributed by atoms with Crippen LogP contribution in [-0.2, 0) is 16.1 Å². The zero-order valence-electron chi connectivity index (χ0n) is 13.7. The molecular formula is C16H23NO7. The second-order valence-corrected chi connectivity index (χ2v) is 5.32. The number of methoxy groups -OCH3 is 2. The second kappa shape index (κ2) is 9.61. The number of carboxylic acid groups (broad SMARTS) is 2. The minimum Gasteiger partial charge on any atom is -0.502 e. The Morgan fingerprint density at radius 1 is 1.08 bits per heavy atom. The van der Waals surface area contributed by atoms with Gasteiger partial charge in [0.1, 0.15) is 0 Å². The number of nitrogens with one attached hydrogen (secondary N) is 1. The molecule has 1 saturated carbocycles. The van der Waals surface area contributed by atoms with E-state index in [2.05, 4.69) is 5.32 Å². The molecule has 0 bridgehead atoms. The molecule has 2 rings (SSSR count). The van der Waals surface area contributed by atoms with Crippen LogP contribution in [0.4, 0.5) is 0 Å². The van der Waals surface area contributed by atoms with Gasteiger partial charge in [-0.25, -0.2) is 9.59 Å². The van der Waals surface area contributed by atoms with Crippen LogP contribution in [0.3, 0.4) is 0 Å². The molecule has 0 atom stereocenters. The zero-order valence-corrected chi connectivity index (χ0v) is 13.7. The summed E-state index contributed by atoms with van der Waals surface area (Å²) in [6.45, 7) is 0.775. The molecule has 1 aromatic carbocycles. The van der Waals surface area contributed by atoms with Gasteiger partial charge < -0.3 is 30.1 Å². The Bertz CT molecular complexity index is 531. The number of hydrogen-bond donors (Lipinski definition) is 4. The number of rotatable bonds is 5. The van der Waals surface area contributed by atoms with Crippen LogP contribution in [0.5, 0.6) is 17.2 Å². The molecule has 1 aliphatic rings. The number of benzene rings is 1. The number of aliphatic carboxylic acids is 2. The molecule has 134 valence electrons. The topological polar surface area (TPSA) is 125 Å². The van der Waals surface area contributed by atoms with E-state index >= 15 is 0 Å². The van der Waals surface area contributed by atoms with Crippen molar-refractivity contribution in [3.63, 3.8) is 0 Å². The Balaban J connectivity index is 0.000000413. The van der Waals surface area contributed by atoms with Crippen LogP contribution in [0, 0.1) is 0 Å². The van der Waals surface area contributed by atoms with Crippen molar-refractivity contribution in [1.82, 2.24) is 5.32 Å². The number of hydrogen-bond acceptors (Lipinski definition) is 6. The van der Waals surface area contributed by atoms with Crippen LogP contribution in [0.25, 0.3) is 0 Å². The lowest BCUT2D eigenvalue weighted by atomic mass is 10.1. The van der Waals surface area contributed by atoms with Crippen LogP contribution in [0.1, 0.15) is 31.2 Å². The van der Waals surface area contributed by atoms with Gasteiger partial charge in [0.05, 0.1) is 14.2 Å². The monoisotopic (exact) mass is 341 g/mol. The quantitative estimate of drug-likeness (QED) is 0.595. The molecule has 0 amide bonds. The van der Waals surface area contributed by atoms with E-state index < -0.39 is 11.9 Å². The average molecular weight is 341 g/mol. The summed E-state index contributed by atoms with van der Waals surface area (Å²) in [7, 11) is 3.09. The number of phenols is 1. The van der Waals surface area contributed by atoms with Gasteiger partial charge in [0.25, 0.3) is 0 Å². The van der Waals surface area contributed by atoms with E-state index in [0.717, 1.165) is 12.1 Å². The lowest BCUT2D eigenvalue weighted by Crippen LogP contribution is -2.25. The van der Waals surface area contributed by atoms with Crippen LogP contribution in [0.2, 0.25) is 0 Å². The van der Waals surface area contributed by atoms with Gasteiger partial charge in [0.15, 0.2) is 11.5 Å². The fourth-order valence-electron chi connectivity index (χ4n) is 2.44. The molecule has 1 aliphatic carbocycles. The van der Waals surface area contributed by atoms with Gasteiger partial charge in [-0.05, 0) is 30.5 Å². The lowest BCUT2D eigenvalue weighted by Gasteiger charge is -2.14. The fourth-order valence-corrected chi connectivity index (χ4v) is 2.44. The van der Waals surface area contributed by atoms with Crippen molar-refractivity contribution < 1.29 is 34.4 Å². The first-order valence-corrected chi connectivity index (χ1v) is 7.52. The van der Waals surface area contributed by atoms with Crippen LogP contribution in [0.15, 0.2) is 12.1 Å². The molecule has 0 aliphatic heterocycles. The van der Waals surface area contributed by atoms with Crippen molar-refractivity contribution in [3.05, 3.63) is 17.7 Å². The first-order chi connectivity index (χ1) is 11.4. The third-order valence-corrected chi connectivity index (χ3v) is 3.67. The highest BCUT2D eigenvalue weighted by molar-refractivity contribution is 6.27. The van der Waals surface area contributed by atoms with Gasteiger partial charge in [0.2, 0.25) is 5.75 Å². The Labute approximate surface area is 140 Å². The Kier molecular flexibility index (Phi) is 7.84.